The van der Waals surface area contributed by atoms with E-state index in [1.807, 2.05) is 24.0 Å². The Labute approximate surface area is 67.4 Å². The molecule has 0 aliphatic carbocycles. The van der Waals surface area contributed by atoms with Gasteiger partial charge in [-0.05, 0) is 13.5 Å². The Kier molecular flexibility index (Phi) is 2.65. The van der Waals surface area contributed by atoms with Gasteiger partial charge in [0, 0.05) is 19.4 Å². The molecule has 0 fully saturated rings. The SMILES string of the molecule is CCN[C@@H](C)c1nccn1C. The number of hydrogen-bond donors (Lipinski definition) is 1. The lowest BCUT2D eigenvalue weighted by atomic mass is 10.3. The molecule has 1 aromatic rings. The van der Waals surface area contributed by atoms with E-state index >= 15 is 0 Å². The molecule has 0 radical (unpaired) electrons. The van der Waals surface area contributed by atoms with Crippen LogP contribution in [0.3, 0.4) is 0 Å². The Morgan fingerprint density at radius 1 is 1.73 bits per heavy atom. The van der Waals surface area contributed by atoms with Crippen LogP contribution in [0, 0.1) is 0 Å². The van der Waals surface area contributed by atoms with Crippen LogP contribution in [0.4, 0.5) is 0 Å². The van der Waals surface area contributed by atoms with Crippen molar-refractivity contribution in [3.8, 4) is 0 Å². The highest BCUT2D eigenvalue weighted by Crippen LogP contribution is 2.06. The molecule has 0 unspecified atom stereocenters. The van der Waals surface area contributed by atoms with Crippen LogP contribution in [-0.2, 0) is 7.05 Å². The molecule has 0 bridgehead atoms. The largest absolute Gasteiger partial charge is 0.337 e. The standard InChI is InChI=1S/C8H15N3/c1-4-9-7(2)8-10-5-6-11(8)3/h5-7,9H,4H2,1-3H3/t7-/m0/s1. The van der Waals surface area contributed by atoms with E-state index in [1.54, 1.807) is 0 Å². The predicted octanol–water partition coefficient (Wildman–Crippen LogP) is 1.09. The number of rotatable bonds is 3. The molecule has 1 rings (SSSR count). The summed E-state index contributed by atoms with van der Waals surface area (Å²) >= 11 is 0. The van der Waals surface area contributed by atoms with Crippen molar-refractivity contribution in [2.75, 3.05) is 6.54 Å². The Bertz CT molecular complexity index is 217. The van der Waals surface area contributed by atoms with Crippen molar-refractivity contribution < 1.29 is 0 Å². The van der Waals surface area contributed by atoms with Crippen LogP contribution in [0.15, 0.2) is 12.4 Å². The molecule has 0 saturated heterocycles. The molecule has 11 heavy (non-hydrogen) atoms. The van der Waals surface area contributed by atoms with Gasteiger partial charge in [-0.1, -0.05) is 6.92 Å². The van der Waals surface area contributed by atoms with Crippen molar-refractivity contribution in [1.82, 2.24) is 14.9 Å². The Hall–Kier alpha value is -0.830. The Morgan fingerprint density at radius 3 is 2.91 bits per heavy atom. The molecular weight excluding hydrogens is 138 g/mol. The van der Waals surface area contributed by atoms with Crippen molar-refractivity contribution in [2.24, 2.45) is 7.05 Å². The van der Waals surface area contributed by atoms with Crippen LogP contribution in [0.5, 0.6) is 0 Å². The van der Waals surface area contributed by atoms with E-state index in [4.69, 9.17) is 0 Å². The summed E-state index contributed by atoms with van der Waals surface area (Å²) in [5.41, 5.74) is 0. The number of nitrogens with zero attached hydrogens (tertiary/aromatic N) is 2. The fourth-order valence-corrected chi connectivity index (χ4v) is 1.19. The van der Waals surface area contributed by atoms with Gasteiger partial charge in [0.15, 0.2) is 0 Å². The summed E-state index contributed by atoms with van der Waals surface area (Å²) in [6.07, 6.45) is 3.78. The summed E-state index contributed by atoms with van der Waals surface area (Å²) in [5.74, 6) is 1.09. The average molecular weight is 153 g/mol. The van der Waals surface area contributed by atoms with E-state index in [9.17, 15) is 0 Å². The molecule has 62 valence electrons. The zero-order chi connectivity index (χ0) is 8.27. The number of hydrogen-bond acceptors (Lipinski definition) is 2. The molecule has 1 N–H and O–H groups in total. The number of nitrogens with one attached hydrogen (secondary N) is 1. The highest BCUT2D eigenvalue weighted by atomic mass is 15.1. The third-order valence-corrected chi connectivity index (χ3v) is 1.76. The maximum Gasteiger partial charge on any atom is 0.125 e. The van der Waals surface area contributed by atoms with Crippen LogP contribution in [0.2, 0.25) is 0 Å². The van der Waals surface area contributed by atoms with Gasteiger partial charge in [0.25, 0.3) is 0 Å². The minimum absolute atomic E-state index is 0.347. The van der Waals surface area contributed by atoms with Crippen LogP contribution < -0.4 is 5.32 Å². The van der Waals surface area contributed by atoms with Gasteiger partial charge in [0.05, 0.1) is 6.04 Å². The van der Waals surface area contributed by atoms with Gasteiger partial charge in [0.1, 0.15) is 5.82 Å². The first kappa shape index (κ1) is 8.27. The van der Waals surface area contributed by atoms with E-state index in [0.717, 1.165) is 12.4 Å². The lowest BCUT2D eigenvalue weighted by molar-refractivity contribution is 0.548. The topological polar surface area (TPSA) is 29.9 Å². The normalized spacial score (nSPS) is 13.4. The quantitative estimate of drug-likeness (QED) is 0.704. The molecule has 0 spiro atoms. The molecule has 1 heterocycles. The van der Waals surface area contributed by atoms with Crippen molar-refractivity contribution in [3.63, 3.8) is 0 Å². The summed E-state index contributed by atoms with van der Waals surface area (Å²) in [6.45, 7) is 5.19. The number of imidazole rings is 1. The fraction of sp³-hybridized carbons (Fsp3) is 0.625. The Morgan fingerprint density at radius 2 is 2.45 bits per heavy atom. The molecule has 0 aromatic carbocycles. The lowest BCUT2D eigenvalue weighted by Crippen LogP contribution is -2.20. The van der Waals surface area contributed by atoms with E-state index in [2.05, 4.69) is 24.1 Å². The van der Waals surface area contributed by atoms with Gasteiger partial charge in [-0.25, -0.2) is 4.98 Å². The Balaban J connectivity index is 2.67. The summed E-state index contributed by atoms with van der Waals surface area (Å²) in [6, 6.07) is 0.347. The maximum atomic E-state index is 4.23. The van der Waals surface area contributed by atoms with Gasteiger partial charge in [0.2, 0.25) is 0 Å². The number of aryl methyl sites for hydroxylation is 1. The third-order valence-electron chi connectivity index (χ3n) is 1.76. The van der Waals surface area contributed by atoms with E-state index in [-0.39, 0.29) is 0 Å². The van der Waals surface area contributed by atoms with Gasteiger partial charge < -0.3 is 9.88 Å². The van der Waals surface area contributed by atoms with Crippen LogP contribution in [-0.4, -0.2) is 16.1 Å². The van der Waals surface area contributed by atoms with Crippen molar-refractivity contribution in [1.29, 1.82) is 0 Å². The summed E-state index contributed by atoms with van der Waals surface area (Å²) < 4.78 is 2.04. The minimum Gasteiger partial charge on any atom is -0.337 e. The molecule has 3 nitrogen and oxygen atoms in total. The first-order chi connectivity index (χ1) is 5.25. The molecule has 1 aromatic heterocycles. The number of aromatic nitrogens is 2. The lowest BCUT2D eigenvalue weighted by Gasteiger charge is -2.11. The zero-order valence-corrected chi connectivity index (χ0v) is 7.33. The fourth-order valence-electron chi connectivity index (χ4n) is 1.19. The molecule has 0 saturated carbocycles. The van der Waals surface area contributed by atoms with E-state index in [1.165, 1.54) is 0 Å². The zero-order valence-electron chi connectivity index (χ0n) is 7.33. The second-order valence-corrected chi connectivity index (χ2v) is 2.68. The summed E-state index contributed by atoms with van der Waals surface area (Å²) in [7, 11) is 2.01. The maximum absolute atomic E-state index is 4.23. The second kappa shape index (κ2) is 3.53. The summed E-state index contributed by atoms with van der Waals surface area (Å²) in [5, 5.41) is 3.31. The minimum atomic E-state index is 0.347. The molecule has 0 aliphatic rings. The highest BCUT2D eigenvalue weighted by molar-refractivity contribution is 4.96. The highest BCUT2D eigenvalue weighted by Gasteiger charge is 2.06. The van der Waals surface area contributed by atoms with Gasteiger partial charge >= 0.3 is 0 Å². The molecule has 1 atom stereocenters. The first-order valence-corrected chi connectivity index (χ1v) is 3.96. The monoisotopic (exact) mass is 153 g/mol. The van der Waals surface area contributed by atoms with Gasteiger partial charge in [-0.3, -0.25) is 0 Å². The van der Waals surface area contributed by atoms with Gasteiger partial charge in [-0.15, -0.1) is 0 Å². The molecule has 0 aliphatic heterocycles. The smallest absolute Gasteiger partial charge is 0.125 e. The van der Waals surface area contributed by atoms with Crippen LogP contribution >= 0.6 is 0 Å². The molecular formula is C8H15N3. The molecule has 0 amide bonds. The van der Waals surface area contributed by atoms with E-state index in [0.29, 0.717) is 6.04 Å². The van der Waals surface area contributed by atoms with Crippen LogP contribution in [0.1, 0.15) is 25.7 Å². The first-order valence-electron chi connectivity index (χ1n) is 3.96. The summed E-state index contributed by atoms with van der Waals surface area (Å²) in [4.78, 5) is 4.23. The average Bonchev–Trinajstić information content (AvgIpc) is 2.36. The van der Waals surface area contributed by atoms with Crippen LogP contribution in [0.25, 0.3) is 0 Å². The van der Waals surface area contributed by atoms with E-state index < -0.39 is 0 Å². The molecule has 3 heteroatoms. The second-order valence-electron chi connectivity index (χ2n) is 2.68. The van der Waals surface area contributed by atoms with Crippen molar-refractivity contribution in [3.05, 3.63) is 18.2 Å². The third kappa shape index (κ3) is 1.80. The van der Waals surface area contributed by atoms with Gasteiger partial charge in [-0.2, -0.15) is 0 Å². The van der Waals surface area contributed by atoms with Crippen molar-refractivity contribution >= 4 is 0 Å². The predicted molar refractivity (Wildman–Crippen MR) is 45.3 cm³/mol. The van der Waals surface area contributed by atoms with Crippen molar-refractivity contribution in [2.45, 2.75) is 19.9 Å².